The molecule has 0 aromatic heterocycles. The molecule has 0 saturated carbocycles. The fourth-order valence-corrected chi connectivity index (χ4v) is 2.07. The van der Waals surface area contributed by atoms with Gasteiger partial charge in [0.1, 0.15) is 5.75 Å². The molecule has 0 aliphatic carbocycles. The van der Waals surface area contributed by atoms with Gasteiger partial charge in [0, 0.05) is 19.5 Å². The average Bonchev–Trinajstić information content (AvgIpc) is 2.38. The lowest BCUT2D eigenvalue weighted by molar-refractivity contribution is -0.136. The molecule has 0 spiro atoms. The molecule has 6 heteroatoms. The van der Waals surface area contributed by atoms with Gasteiger partial charge in [-0.2, -0.15) is 13.2 Å². The second kappa shape index (κ2) is 8.89. The first-order chi connectivity index (χ1) is 9.94. The summed E-state index contributed by atoms with van der Waals surface area (Å²) in [6, 6.07) is 7.47. The van der Waals surface area contributed by atoms with Crippen LogP contribution in [0.1, 0.15) is 25.3 Å². The molecule has 0 fully saturated rings. The largest absolute Gasteiger partial charge is 0.494 e. The van der Waals surface area contributed by atoms with E-state index in [0.717, 1.165) is 11.3 Å². The molecule has 0 heterocycles. The van der Waals surface area contributed by atoms with Crippen molar-refractivity contribution in [3.05, 3.63) is 29.8 Å². The van der Waals surface area contributed by atoms with Crippen molar-refractivity contribution in [2.24, 2.45) is 0 Å². The van der Waals surface area contributed by atoms with Crippen molar-refractivity contribution in [3.8, 4) is 5.75 Å². The Labute approximate surface area is 123 Å². The Balaban J connectivity index is 2.54. The SMILES string of the molecule is CCOc1cccc(CN(CCO)CCCC(F)(F)F)c1. The molecule has 1 rings (SSSR count). The van der Waals surface area contributed by atoms with E-state index in [4.69, 9.17) is 9.84 Å². The van der Waals surface area contributed by atoms with Gasteiger partial charge in [-0.15, -0.1) is 0 Å². The summed E-state index contributed by atoms with van der Waals surface area (Å²) in [5.74, 6) is 0.745. The minimum absolute atomic E-state index is 0.0364. The van der Waals surface area contributed by atoms with Crippen LogP contribution in [-0.2, 0) is 6.54 Å². The summed E-state index contributed by atoms with van der Waals surface area (Å²) in [5, 5.41) is 9.02. The smallest absolute Gasteiger partial charge is 0.389 e. The monoisotopic (exact) mass is 305 g/mol. The van der Waals surface area contributed by atoms with Crippen LogP contribution in [0.25, 0.3) is 0 Å². The Morgan fingerprint density at radius 3 is 2.62 bits per heavy atom. The molecule has 0 aliphatic heterocycles. The maximum atomic E-state index is 12.2. The zero-order valence-corrected chi connectivity index (χ0v) is 12.2. The fourth-order valence-electron chi connectivity index (χ4n) is 2.07. The average molecular weight is 305 g/mol. The summed E-state index contributed by atoms with van der Waals surface area (Å²) in [7, 11) is 0. The van der Waals surface area contributed by atoms with Crippen molar-refractivity contribution >= 4 is 0 Å². The molecular formula is C15H22F3NO2. The molecule has 1 N–H and O–H groups in total. The molecule has 0 bridgehead atoms. The van der Waals surface area contributed by atoms with E-state index in [9.17, 15) is 13.2 Å². The van der Waals surface area contributed by atoms with Gasteiger partial charge in [0.15, 0.2) is 0 Å². The van der Waals surface area contributed by atoms with E-state index in [-0.39, 0.29) is 13.0 Å². The maximum absolute atomic E-state index is 12.2. The number of aliphatic hydroxyl groups excluding tert-OH is 1. The second-order valence-corrected chi connectivity index (χ2v) is 4.80. The first-order valence-corrected chi connectivity index (χ1v) is 7.06. The van der Waals surface area contributed by atoms with E-state index in [0.29, 0.717) is 26.2 Å². The predicted octanol–water partition coefficient (Wildman–Crippen LogP) is 3.22. The number of nitrogens with zero attached hydrogens (tertiary/aromatic N) is 1. The fraction of sp³-hybridized carbons (Fsp3) is 0.600. The van der Waals surface area contributed by atoms with Gasteiger partial charge >= 0.3 is 6.18 Å². The van der Waals surface area contributed by atoms with Crippen LogP contribution in [0.15, 0.2) is 24.3 Å². The van der Waals surface area contributed by atoms with Gasteiger partial charge in [0.25, 0.3) is 0 Å². The summed E-state index contributed by atoms with van der Waals surface area (Å²) < 4.78 is 41.9. The third-order valence-electron chi connectivity index (χ3n) is 2.97. The van der Waals surface area contributed by atoms with Crippen LogP contribution in [0.4, 0.5) is 13.2 Å². The third-order valence-corrected chi connectivity index (χ3v) is 2.97. The summed E-state index contributed by atoms with van der Waals surface area (Å²) >= 11 is 0. The van der Waals surface area contributed by atoms with Crippen LogP contribution < -0.4 is 4.74 Å². The number of hydrogen-bond acceptors (Lipinski definition) is 3. The van der Waals surface area contributed by atoms with Crippen LogP contribution in [0.3, 0.4) is 0 Å². The Hall–Kier alpha value is -1.27. The molecule has 0 saturated heterocycles. The lowest BCUT2D eigenvalue weighted by Gasteiger charge is -2.22. The molecular weight excluding hydrogens is 283 g/mol. The number of alkyl halides is 3. The Morgan fingerprint density at radius 2 is 2.00 bits per heavy atom. The van der Waals surface area contributed by atoms with Gasteiger partial charge in [-0.1, -0.05) is 12.1 Å². The van der Waals surface area contributed by atoms with Crippen molar-refractivity contribution in [1.29, 1.82) is 0 Å². The number of rotatable bonds is 9. The van der Waals surface area contributed by atoms with E-state index in [1.165, 1.54) is 0 Å². The summed E-state index contributed by atoms with van der Waals surface area (Å²) in [4.78, 5) is 1.82. The quantitative estimate of drug-likeness (QED) is 0.760. The molecule has 21 heavy (non-hydrogen) atoms. The van der Waals surface area contributed by atoms with Gasteiger partial charge in [-0.3, -0.25) is 4.90 Å². The molecule has 0 unspecified atom stereocenters. The number of aliphatic hydroxyl groups is 1. The van der Waals surface area contributed by atoms with Crippen LogP contribution in [0, 0.1) is 0 Å². The van der Waals surface area contributed by atoms with E-state index in [1.807, 2.05) is 36.1 Å². The van der Waals surface area contributed by atoms with Crippen molar-refractivity contribution < 1.29 is 23.0 Å². The molecule has 0 radical (unpaired) electrons. The van der Waals surface area contributed by atoms with Crippen molar-refractivity contribution in [2.45, 2.75) is 32.5 Å². The molecule has 1 aromatic carbocycles. The minimum atomic E-state index is -4.13. The topological polar surface area (TPSA) is 32.7 Å². The summed E-state index contributed by atoms with van der Waals surface area (Å²) in [5.41, 5.74) is 0.960. The zero-order valence-electron chi connectivity index (χ0n) is 12.2. The minimum Gasteiger partial charge on any atom is -0.494 e. The first kappa shape index (κ1) is 17.8. The van der Waals surface area contributed by atoms with Crippen molar-refractivity contribution in [1.82, 2.24) is 4.90 Å². The lowest BCUT2D eigenvalue weighted by atomic mass is 10.2. The molecule has 1 aromatic rings. The predicted molar refractivity (Wildman–Crippen MR) is 75.3 cm³/mol. The van der Waals surface area contributed by atoms with Gasteiger partial charge in [-0.25, -0.2) is 0 Å². The van der Waals surface area contributed by atoms with Gasteiger partial charge in [0.05, 0.1) is 13.2 Å². The molecule has 0 atom stereocenters. The maximum Gasteiger partial charge on any atom is 0.389 e. The number of hydrogen-bond donors (Lipinski definition) is 1. The van der Waals surface area contributed by atoms with Crippen molar-refractivity contribution in [3.63, 3.8) is 0 Å². The molecule has 3 nitrogen and oxygen atoms in total. The van der Waals surface area contributed by atoms with Crippen LogP contribution >= 0.6 is 0 Å². The van der Waals surface area contributed by atoms with Gasteiger partial charge < -0.3 is 9.84 Å². The second-order valence-electron chi connectivity index (χ2n) is 4.80. The highest BCUT2D eigenvalue weighted by Gasteiger charge is 2.26. The number of benzene rings is 1. The van der Waals surface area contributed by atoms with Crippen LogP contribution in [-0.4, -0.2) is 42.5 Å². The lowest BCUT2D eigenvalue weighted by Crippen LogP contribution is -2.28. The highest BCUT2D eigenvalue weighted by Crippen LogP contribution is 2.22. The number of halogens is 3. The first-order valence-electron chi connectivity index (χ1n) is 7.06. The summed E-state index contributed by atoms with van der Waals surface area (Å²) in [6.07, 6.45) is -4.89. The Bertz CT molecular complexity index is 410. The summed E-state index contributed by atoms with van der Waals surface area (Å²) in [6.45, 7) is 3.55. The molecule has 120 valence electrons. The highest BCUT2D eigenvalue weighted by atomic mass is 19.4. The van der Waals surface area contributed by atoms with E-state index >= 15 is 0 Å². The number of ether oxygens (including phenoxy) is 1. The normalized spacial score (nSPS) is 11.9. The van der Waals surface area contributed by atoms with Crippen LogP contribution in [0.2, 0.25) is 0 Å². The van der Waals surface area contributed by atoms with E-state index in [2.05, 4.69) is 0 Å². The highest BCUT2D eigenvalue weighted by molar-refractivity contribution is 5.28. The third kappa shape index (κ3) is 7.92. The molecule has 0 amide bonds. The van der Waals surface area contributed by atoms with Gasteiger partial charge in [0.2, 0.25) is 0 Å². The zero-order chi connectivity index (χ0) is 15.7. The van der Waals surface area contributed by atoms with E-state index < -0.39 is 12.6 Å². The van der Waals surface area contributed by atoms with Crippen molar-refractivity contribution in [2.75, 3.05) is 26.3 Å². The van der Waals surface area contributed by atoms with E-state index in [1.54, 1.807) is 0 Å². The van der Waals surface area contributed by atoms with Crippen LogP contribution in [0.5, 0.6) is 5.75 Å². The molecule has 0 aliphatic rings. The Morgan fingerprint density at radius 1 is 1.24 bits per heavy atom. The van der Waals surface area contributed by atoms with Gasteiger partial charge in [-0.05, 0) is 37.6 Å². The Kier molecular flexibility index (Phi) is 7.53. The standard InChI is InChI=1S/C15H22F3NO2/c1-2-21-14-6-3-5-13(11-14)12-19(9-10-20)8-4-7-15(16,17)18/h3,5-6,11,20H,2,4,7-10,12H2,1H3.